The van der Waals surface area contributed by atoms with E-state index in [-0.39, 0.29) is 12.6 Å². The second-order valence-corrected chi connectivity index (χ2v) is 4.66. The first-order valence-corrected chi connectivity index (χ1v) is 6.08. The fourth-order valence-corrected chi connectivity index (χ4v) is 2.39. The topological polar surface area (TPSA) is 43.8 Å². The number of amides is 2. The summed E-state index contributed by atoms with van der Waals surface area (Å²) in [6.45, 7) is 1.04. The molecule has 0 radical (unpaired) electrons. The van der Waals surface area contributed by atoms with Crippen LogP contribution in [-0.4, -0.2) is 35.2 Å². The minimum atomic E-state index is 0.0203. The highest BCUT2D eigenvalue weighted by molar-refractivity contribution is 5.95. The van der Waals surface area contributed by atoms with Gasteiger partial charge in [-0.25, -0.2) is 4.79 Å². The van der Waals surface area contributed by atoms with Crippen molar-refractivity contribution in [2.24, 2.45) is 0 Å². The van der Waals surface area contributed by atoms with E-state index in [2.05, 4.69) is 6.07 Å². The molecule has 1 N–H and O–H groups in total. The van der Waals surface area contributed by atoms with Crippen LogP contribution in [0.2, 0.25) is 0 Å². The van der Waals surface area contributed by atoms with E-state index in [0.717, 1.165) is 18.5 Å². The Morgan fingerprint density at radius 2 is 2.06 bits per heavy atom. The highest BCUT2D eigenvalue weighted by Gasteiger charge is 2.39. The molecule has 0 bridgehead atoms. The average molecular weight is 232 g/mol. The monoisotopic (exact) mass is 232 g/mol. The van der Waals surface area contributed by atoms with Crippen molar-refractivity contribution in [3.8, 4) is 0 Å². The average Bonchev–Trinajstić information content (AvgIpc) is 3.15. The largest absolute Gasteiger partial charge is 0.395 e. The van der Waals surface area contributed by atoms with Gasteiger partial charge in [-0.15, -0.1) is 0 Å². The first-order chi connectivity index (χ1) is 8.31. The number of carbonyl (C=O) groups is 1. The summed E-state index contributed by atoms with van der Waals surface area (Å²) in [6, 6.07) is 8.45. The van der Waals surface area contributed by atoms with Gasteiger partial charge in [0, 0.05) is 19.1 Å². The molecular weight excluding hydrogens is 216 g/mol. The number of para-hydroxylation sites is 1. The molecule has 0 aromatic heterocycles. The number of β-amino-alcohol motifs (C(OH)–C–C–N with tert-alkyl or cyclic N) is 1. The molecular formula is C13H16N2O2. The number of carbonyl (C=O) groups excluding carboxylic acids is 1. The molecule has 1 saturated carbocycles. The second kappa shape index (κ2) is 4.04. The normalized spacial score (nSPS) is 19.5. The number of aliphatic hydroxyl groups is 1. The number of nitrogens with zero attached hydrogens (tertiary/aromatic N) is 2. The van der Waals surface area contributed by atoms with E-state index in [1.165, 1.54) is 5.56 Å². The molecule has 1 aliphatic carbocycles. The highest BCUT2D eigenvalue weighted by atomic mass is 16.3. The summed E-state index contributed by atoms with van der Waals surface area (Å²) in [5, 5.41) is 9.01. The van der Waals surface area contributed by atoms with E-state index in [1.807, 2.05) is 23.1 Å². The van der Waals surface area contributed by atoms with Crippen LogP contribution in [0.5, 0.6) is 0 Å². The minimum absolute atomic E-state index is 0.0203. The van der Waals surface area contributed by atoms with Gasteiger partial charge in [-0.3, -0.25) is 4.90 Å². The molecule has 1 aromatic carbocycles. The van der Waals surface area contributed by atoms with Crippen molar-refractivity contribution in [1.29, 1.82) is 0 Å². The van der Waals surface area contributed by atoms with Crippen LogP contribution >= 0.6 is 0 Å². The molecule has 4 nitrogen and oxygen atoms in total. The van der Waals surface area contributed by atoms with Gasteiger partial charge in [-0.1, -0.05) is 18.2 Å². The lowest BCUT2D eigenvalue weighted by Crippen LogP contribution is -2.49. The number of anilines is 1. The molecule has 90 valence electrons. The molecule has 1 aliphatic heterocycles. The minimum Gasteiger partial charge on any atom is -0.395 e. The Hall–Kier alpha value is -1.55. The van der Waals surface area contributed by atoms with Crippen molar-refractivity contribution in [2.75, 3.05) is 18.1 Å². The zero-order valence-electron chi connectivity index (χ0n) is 9.67. The van der Waals surface area contributed by atoms with Crippen LogP contribution in [0.25, 0.3) is 0 Å². The van der Waals surface area contributed by atoms with Crippen LogP contribution < -0.4 is 4.90 Å². The number of benzene rings is 1. The van der Waals surface area contributed by atoms with Crippen LogP contribution in [0.15, 0.2) is 24.3 Å². The molecule has 1 aromatic rings. The summed E-state index contributed by atoms with van der Waals surface area (Å²) in [7, 11) is 0. The first kappa shape index (κ1) is 10.6. The zero-order valence-corrected chi connectivity index (χ0v) is 9.67. The van der Waals surface area contributed by atoms with Crippen LogP contribution in [0.3, 0.4) is 0 Å². The summed E-state index contributed by atoms with van der Waals surface area (Å²) < 4.78 is 0. The molecule has 0 spiro atoms. The van der Waals surface area contributed by atoms with E-state index in [9.17, 15) is 4.79 Å². The number of aliphatic hydroxyl groups excluding tert-OH is 1. The first-order valence-electron chi connectivity index (χ1n) is 6.08. The lowest BCUT2D eigenvalue weighted by molar-refractivity contribution is 0.176. The lowest BCUT2D eigenvalue weighted by atomic mass is 10.1. The third-order valence-corrected chi connectivity index (χ3v) is 3.37. The number of hydrogen-bond acceptors (Lipinski definition) is 2. The van der Waals surface area contributed by atoms with E-state index >= 15 is 0 Å². The molecule has 1 fully saturated rings. The Kier molecular flexibility index (Phi) is 2.52. The van der Waals surface area contributed by atoms with Crippen molar-refractivity contribution >= 4 is 11.7 Å². The van der Waals surface area contributed by atoms with E-state index in [1.54, 1.807) is 4.90 Å². The maximum Gasteiger partial charge on any atom is 0.325 e. The van der Waals surface area contributed by atoms with Crippen LogP contribution in [0, 0.1) is 0 Å². The summed E-state index contributed by atoms with van der Waals surface area (Å²) in [5.74, 6) is 0. The number of fused-ring (bicyclic) bond motifs is 1. The maximum atomic E-state index is 12.3. The van der Waals surface area contributed by atoms with Gasteiger partial charge in [-0.05, 0) is 24.5 Å². The standard InChI is InChI=1S/C13H16N2O2/c16-8-7-14-9-10-3-1-2-4-12(10)15(13(14)17)11-5-6-11/h1-4,11,16H,5-9H2. The quantitative estimate of drug-likeness (QED) is 0.860. The van der Waals surface area contributed by atoms with E-state index in [0.29, 0.717) is 19.1 Å². The third-order valence-electron chi connectivity index (χ3n) is 3.37. The molecule has 4 heteroatoms. The molecule has 0 atom stereocenters. The fourth-order valence-electron chi connectivity index (χ4n) is 2.39. The predicted octanol–water partition coefficient (Wildman–Crippen LogP) is 1.58. The Morgan fingerprint density at radius 1 is 1.29 bits per heavy atom. The second-order valence-electron chi connectivity index (χ2n) is 4.66. The van der Waals surface area contributed by atoms with Crippen LogP contribution in [0.4, 0.5) is 10.5 Å². The number of urea groups is 1. The highest BCUT2D eigenvalue weighted by Crippen LogP contribution is 2.37. The van der Waals surface area contributed by atoms with Crippen molar-refractivity contribution in [1.82, 2.24) is 4.90 Å². The van der Waals surface area contributed by atoms with Gasteiger partial charge in [0.2, 0.25) is 0 Å². The molecule has 2 aliphatic rings. The molecule has 17 heavy (non-hydrogen) atoms. The summed E-state index contributed by atoms with van der Waals surface area (Å²) in [4.78, 5) is 15.9. The van der Waals surface area contributed by atoms with Gasteiger partial charge >= 0.3 is 6.03 Å². The summed E-state index contributed by atoms with van der Waals surface area (Å²) >= 11 is 0. The molecule has 0 saturated heterocycles. The fraction of sp³-hybridized carbons (Fsp3) is 0.462. The van der Waals surface area contributed by atoms with Gasteiger partial charge in [0.15, 0.2) is 0 Å². The smallest absolute Gasteiger partial charge is 0.325 e. The summed E-state index contributed by atoms with van der Waals surface area (Å²) in [6.07, 6.45) is 2.18. The van der Waals surface area contributed by atoms with Crippen molar-refractivity contribution < 1.29 is 9.90 Å². The van der Waals surface area contributed by atoms with E-state index < -0.39 is 0 Å². The predicted molar refractivity (Wildman–Crippen MR) is 64.8 cm³/mol. The Bertz CT molecular complexity index is 443. The Morgan fingerprint density at radius 3 is 2.76 bits per heavy atom. The van der Waals surface area contributed by atoms with Crippen molar-refractivity contribution in [3.63, 3.8) is 0 Å². The third kappa shape index (κ3) is 1.78. The van der Waals surface area contributed by atoms with Crippen molar-refractivity contribution in [2.45, 2.75) is 25.4 Å². The molecule has 2 amide bonds. The molecule has 3 rings (SSSR count). The van der Waals surface area contributed by atoms with Gasteiger partial charge in [0.1, 0.15) is 0 Å². The number of rotatable bonds is 3. The molecule has 0 unspecified atom stereocenters. The van der Waals surface area contributed by atoms with Crippen LogP contribution in [0.1, 0.15) is 18.4 Å². The maximum absolute atomic E-state index is 12.3. The SMILES string of the molecule is O=C1N(CCO)Cc2ccccc2N1C1CC1. The van der Waals surface area contributed by atoms with Gasteiger partial charge in [0.05, 0.1) is 12.3 Å². The Balaban J connectivity index is 1.97. The zero-order chi connectivity index (χ0) is 11.8. The van der Waals surface area contributed by atoms with E-state index in [4.69, 9.17) is 5.11 Å². The molecule has 1 heterocycles. The van der Waals surface area contributed by atoms with Gasteiger partial charge in [-0.2, -0.15) is 0 Å². The van der Waals surface area contributed by atoms with Crippen LogP contribution in [-0.2, 0) is 6.54 Å². The summed E-state index contributed by atoms with van der Waals surface area (Å²) in [5.41, 5.74) is 2.22. The number of hydrogen-bond donors (Lipinski definition) is 1. The Labute approximate surface area is 100 Å². The van der Waals surface area contributed by atoms with Crippen molar-refractivity contribution in [3.05, 3.63) is 29.8 Å². The van der Waals surface area contributed by atoms with Gasteiger partial charge < -0.3 is 10.0 Å². The lowest BCUT2D eigenvalue weighted by Gasteiger charge is -2.37. The van der Waals surface area contributed by atoms with Gasteiger partial charge in [0.25, 0.3) is 0 Å².